The molecule has 0 radical (unpaired) electrons. The molecular formula is C24H25Br2N5O3. The van der Waals surface area contributed by atoms with Gasteiger partial charge >= 0.3 is 0 Å². The summed E-state index contributed by atoms with van der Waals surface area (Å²) in [6.07, 6.45) is 0. The molecule has 1 aliphatic carbocycles. The van der Waals surface area contributed by atoms with E-state index in [2.05, 4.69) is 53.9 Å². The number of rotatable bonds is 5. The summed E-state index contributed by atoms with van der Waals surface area (Å²) in [5.74, 6) is 2.21. The first-order valence-electron chi connectivity index (χ1n) is 11.0. The Balaban J connectivity index is 1.30. The summed E-state index contributed by atoms with van der Waals surface area (Å²) in [5.41, 5.74) is 8.09. The van der Waals surface area contributed by atoms with Crippen molar-refractivity contribution < 1.29 is 14.3 Å². The molecule has 1 aliphatic heterocycles. The highest BCUT2D eigenvalue weighted by Gasteiger charge is 2.67. The molecule has 0 spiro atoms. The smallest absolute Gasteiger partial charge is 0.228 e. The van der Waals surface area contributed by atoms with Crippen molar-refractivity contribution in [3.8, 4) is 11.5 Å². The predicted octanol–water partition coefficient (Wildman–Crippen LogP) is 3.78. The van der Waals surface area contributed by atoms with Gasteiger partial charge in [0, 0.05) is 43.5 Å². The fourth-order valence-electron chi connectivity index (χ4n) is 4.64. The molecule has 5 rings (SSSR count). The molecule has 1 aromatic heterocycles. The Morgan fingerprint density at radius 2 is 1.68 bits per heavy atom. The lowest BCUT2D eigenvalue weighted by molar-refractivity contribution is -0.132. The van der Waals surface area contributed by atoms with Crippen LogP contribution in [0.15, 0.2) is 42.5 Å². The zero-order chi connectivity index (χ0) is 24.0. The number of benzene rings is 2. The van der Waals surface area contributed by atoms with Crippen molar-refractivity contribution in [2.75, 3.05) is 51.0 Å². The summed E-state index contributed by atoms with van der Waals surface area (Å²) in [5, 5.41) is 0.710. The van der Waals surface area contributed by atoms with Crippen LogP contribution in [-0.4, -0.2) is 64.4 Å². The number of carbonyl (C=O) groups is 1. The van der Waals surface area contributed by atoms with E-state index in [1.807, 2.05) is 23.1 Å². The Kier molecular flexibility index (Phi) is 6.05. The van der Waals surface area contributed by atoms with Crippen LogP contribution in [0.3, 0.4) is 0 Å². The molecule has 1 amide bonds. The van der Waals surface area contributed by atoms with Crippen molar-refractivity contribution >= 4 is 60.4 Å². The van der Waals surface area contributed by atoms with E-state index in [9.17, 15) is 4.79 Å². The van der Waals surface area contributed by atoms with Crippen LogP contribution in [0.25, 0.3) is 10.9 Å². The van der Waals surface area contributed by atoms with E-state index in [1.54, 1.807) is 26.4 Å². The molecule has 2 aromatic carbocycles. The van der Waals surface area contributed by atoms with Crippen LogP contribution in [0, 0.1) is 5.92 Å². The second-order valence-electron chi connectivity index (χ2n) is 8.49. The maximum atomic E-state index is 13.3. The largest absolute Gasteiger partial charge is 0.493 e. The van der Waals surface area contributed by atoms with Gasteiger partial charge in [-0.1, -0.05) is 62.2 Å². The molecule has 34 heavy (non-hydrogen) atoms. The Hall–Kier alpha value is -2.59. The third kappa shape index (κ3) is 3.96. The van der Waals surface area contributed by atoms with Gasteiger partial charge in [-0.15, -0.1) is 0 Å². The number of fused-ring (bicyclic) bond motifs is 1. The molecule has 2 fully saturated rings. The van der Waals surface area contributed by atoms with Crippen LogP contribution in [-0.2, 0) is 4.79 Å². The molecule has 2 heterocycles. The molecule has 2 aliphatic rings. The fourth-order valence-corrected chi connectivity index (χ4v) is 6.35. The van der Waals surface area contributed by atoms with Gasteiger partial charge in [0.2, 0.25) is 11.9 Å². The summed E-state index contributed by atoms with van der Waals surface area (Å²) in [6, 6.07) is 13.7. The van der Waals surface area contributed by atoms with Crippen molar-refractivity contribution in [1.29, 1.82) is 0 Å². The molecule has 2 N–H and O–H groups in total. The summed E-state index contributed by atoms with van der Waals surface area (Å²) in [7, 11) is 3.16. The minimum atomic E-state index is -0.397. The van der Waals surface area contributed by atoms with Gasteiger partial charge in [0.15, 0.2) is 11.5 Å². The Bertz CT molecular complexity index is 1230. The number of nitrogens with two attached hydrogens (primary N) is 1. The lowest BCUT2D eigenvalue weighted by Crippen LogP contribution is -2.50. The van der Waals surface area contributed by atoms with Gasteiger partial charge < -0.3 is 25.0 Å². The van der Waals surface area contributed by atoms with Gasteiger partial charge in [0.1, 0.15) is 9.05 Å². The van der Waals surface area contributed by atoms with Gasteiger partial charge in [-0.25, -0.2) is 4.98 Å². The van der Waals surface area contributed by atoms with E-state index >= 15 is 0 Å². The number of amides is 1. The lowest BCUT2D eigenvalue weighted by Gasteiger charge is -2.35. The molecular weight excluding hydrogens is 566 g/mol. The molecule has 0 unspecified atom stereocenters. The Morgan fingerprint density at radius 1 is 1.03 bits per heavy atom. The van der Waals surface area contributed by atoms with Crippen LogP contribution in [0.4, 0.5) is 11.8 Å². The number of carbonyl (C=O) groups excluding carboxylic acids is 1. The number of piperazine rings is 1. The van der Waals surface area contributed by atoms with Crippen molar-refractivity contribution in [3.63, 3.8) is 0 Å². The number of anilines is 2. The van der Waals surface area contributed by atoms with Gasteiger partial charge in [0.25, 0.3) is 0 Å². The molecule has 1 saturated carbocycles. The average molecular weight is 591 g/mol. The predicted molar refractivity (Wildman–Crippen MR) is 139 cm³/mol. The number of halogens is 2. The van der Waals surface area contributed by atoms with E-state index in [4.69, 9.17) is 20.2 Å². The first-order chi connectivity index (χ1) is 16.3. The summed E-state index contributed by atoms with van der Waals surface area (Å²) < 4.78 is 10.4. The van der Waals surface area contributed by atoms with E-state index in [0.717, 1.165) is 5.56 Å². The van der Waals surface area contributed by atoms with Gasteiger partial charge in [-0.2, -0.15) is 4.98 Å². The van der Waals surface area contributed by atoms with Gasteiger partial charge in [-0.3, -0.25) is 4.79 Å². The maximum Gasteiger partial charge on any atom is 0.228 e. The second-order valence-corrected chi connectivity index (χ2v) is 12.2. The number of nitrogens with zero attached hydrogens (tertiary/aromatic N) is 4. The summed E-state index contributed by atoms with van der Waals surface area (Å²) in [6.45, 7) is 2.45. The molecule has 8 nitrogen and oxygen atoms in total. The first-order valence-corrected chi connectivity index (χ1v) is 12.6. The van der Waals surface area contributed by atoms with Crippen LogP contribution < -0.4 is 20.1 Å². The number of nitrogen functional groups attached to an aromatic ring is 1. The minimum absolute atomic E-state index is 0.106. The molecule has 10 heteroatoms. The van der Waals surface area contributed by atoms with Crippen LogP contribution in [0.2, 0.25) is 0 Å². The van der Waals surface area contributed by atoms with Gasteiger partial charge in [-0.05, 0) is 11.6 Å². The average Bonchev–Trinajstić information content (AvgIpc) is 3.44. The van der Waals surface area contributed by atoms with Crippen LogP contribution >= 0.6 is 31.9 Å². The van der Waals surface area contributed by atoms with Crippen molar-refractivity contribution in [2.45, 2.75) is 9.15 Å². The second kappa shape index (κ2) is 8.88. The number of aromatic nitrogens is 2. The first kappa shape index (κ1) is 23.2. The van der Waals surface area contributed by atoms with Gasteiger partial charge in [0.05, 0.1) is 25.7 Å². The van der Waals surface area contributed by atoms with Crippen molar-refractivity contribution in [2.24, 2.45) is 5.92 Å². The molecule has 2 atom stereocenters. The SMILES string of the molecule is COc1cc2nc(N3CCN(C(=O)[C@H]4[C@H](c5ccccc5)C4(Br)Br)CC3)nc(N)c2cc1OC. The van der Waals surface area contributed by atoms with E-state index in [-0.39, 0.29) is 17.7 Å². The van der Waals surface area contributed by atoms with Crippen LogP contribution in [0.5, 0.6) is 11.5 Å². The molecule has 1 saturated heterocycles. The molecule has 3 aromatic rings. The zero-order valence-electron chi connectivity index (χ0n) is 18.9. The van der Waals surface area contributed by atoms with Crippen molar-refractivity contribution in [1.82, 2.24) is 14.9 Å². The topological polar surface area (TPSA) is 93.8 Å². The highest BCUT2D eigenvalue weighted by atomic mass is 79.9. The van der Waals surface area contributed by atoms with Crippen LogP contribution in [0.1, 0.15) is 11.5 Å². The lowest BCUT2D eigenvalue weighted by atomic mass is 10.1. The standard InChI is InChI=1S/C24H25Br2N5O3/c1-33-17-12-15-16(13-18(17)34-2)28-23(29-21(15)27)31-10-8-30(9-11-31)22(32)20-19(24(20,25)26)14-6-4-3-5-7-14/h3-7,12-13,19-20H,8-11H2,1-2H3,(H2,27,28,29)/t19-,20+/m0/s1. The highest BCUT2D eigenvalue weighted by molar-refractivity contribution is 9.25. The zero-order valence-corrected chi connectivity index (χ0v) is 22.0. The number of hydrogen-bond donors (Lipinski definition) is 1. The Morgan fingerprint density at radius 3 is 2.32 bits per heavy atom. The summed E-state index contributed by atoms with van der Waals surface area (Å²) >= 11 is 7.46. The summed E-state index contributed by atoms with van der Waals surface area (Å²) in [4.78, 5) is 26.6. The molecule has 178 valence electrons. The highest BCUT2D eigenvalue weighted by Crippen LogP contribution is 2.67. The molecule has 0 bridgehead atoms. The number of methoxy groups -OCH3 is 2. The minimum Gasteiger partial charge on any atom is -0.493 e. The number of alkyl halides is 2. The fraction of sp³-hybridized carbons (Fsp3) is 0.375. The Labute approximate surface area is 214 Å². The normalized spacial score (nSPS) is 21.4. The van der Waals surface area contributed by atoms with E-state index in [1.165, 1.54) is 0 Å². The third-order valence-electron chi connectivity index (χ3n) is 6.57. The monoisotopic (exact) mass is 589 g/mol. The van der Waals surface area contributed by atoms with E-state index in [0.29, 0.717) is 60.3 Å². The number of ether oxygens (including phenoxy) is 2. The quantitative estimate of drug-likeness (QED) is 0.452. The third-order valence-corrected chi connectivity index (χ3v) is 8.54. The maximum absolute atomic E-state index is 13.3. The number of hydrogen-bond acceptors (Lipinski definition) is 7. The van der Waals surface area contributed by atoms with Crippen molar-refractivity contribution in [3.05, 3.63) is 48.0 Å². The van der Waals surface area contributed by atoms with E-state index < -0.39 is 3.23 Å².